The summed E-state index contributed by atoms with van der Waals surface area (Å²) in [5, 5.41) is 5.55. The first-order valence-electron chi connectivity index (χ1n) is 7.54. The zero-order chi connectivity index (χ0) is 15.4. The van der Waals surface area contributed by atoms with Crippen molar-refractivity contribution in [3.63, 3.8) is 0 Å². The molecular formula is C17H22N2O2S. The normalized spacial score (nSPS) is 17.2. The lowest BCUT2D eigenvalue weighted by Crippen LogP contribution is -2.45. The molecule has 5 heteroatoms. The number of ether oxygens (including phenoxy) is 2. The standard InChI is InChI=1S/C17H22N2O2S/c1-20-13-5-3-6-14(21-2)16(13)17(15-7-4-12-22-15)19-10-8-18-9-11-19/h3-7,12,17-18H,8-11H2,1-2H3. The predicted molar refractivity (Wildman–Crippen MR) is 90.2 cm³/mol. The topological polar surface area (TPSA) is 33.7 Å². The molecule has 1 atom stereocenters. The number of piperazine rings is 1. The quantitative estimate of drug-likeness (QED) is 0.919. The van der Waals surface area contributed by atoms with Crippen LogP contribution in [0.1, 0.15) is 16.5 Å². The molecule has 118 valence electrons. The molecule has 2 heterocycles. The molecule has 0 amide bonds. The minimum atomic E-state index is 0.174. The van der Waals surface area contributed by atoms with Crippen LogP contribution in [0.4, 0.5) is 0 Å². The average molecular weight is 318 g/mol. The Labute approximate surface area is 135 Å². The van der Waals surface area contributed by atoms with Crippen LogP contribution in [-0.2, 0) is 0 Å². The van der Waals surface area contributed by atoms with E-state index in [0.29, 0.717) is 0 Å². The molecule has 1 aliphatic heterocycles. The fourth-order valence-corrected chi connectivity index (χ4v) is 3.91. The number of methoxy groups -OCH3 is 2. The van der Waals surface area contributed by atoms with Crippen molar-refractivity contribution in [1.29, 1.82) is 0 Å². The molecule has 0 spiro atoms. The highest BCUT2D eigenvalue weighted by Crippen LogP contribution is 2.42. The van der Waals surface area contributed by atoms with Crippen molar-refractivity contribution in [2.24, 2.45) is 0 Å². The van der Waals surface area contributed by atoms with Gasteiger partial charge in [-0.25, -0.2) is 0 Å². The minimum absolute atomic E-state index is 0.174. The van der Waals surface area contributed by atoms with Crippen LogP contribution >= 0.6 is 11.3 Å². The summed E-state index contributed by atoms with van der Waals surface area (Å²) in [5.74, 6) is 1.77. The lowest BCUT2D eigenvalue weighted by molar-refractivity contribution is 0.194. The second-order valence-electron chi connectivity index (χ2n) is 5.28. The van der Waals surface area contributed by atoms with Gasteiger partial charge in [0.05, 0.1) is 25.8 Å². The Kier molecular flexibility index (Phi) is 4.97. The van der Waals surface area contributed by atoms with Crippen LogP contribution in [0.15, 0.2) is 35.7 Å². The fourth-order valence-electron chi connectivity index (χ4n) is 3.04. The summed E-state index contributed by atoms with van der Waals surface area (Å²) in [5.41, 5.74) is 1.12. The van der Waals surface area contributed by atoms with Crippen LogP contribution in [0.3, 0.4) is 0 Å². The Hall–Kier alpha value is -1.56. The molecule has 1 saturated heterocycles. The van der Waals surface area contributed by atoms with Gasteiger partial charge in [-0.15, -0.1) is 11.3 Å². The molecule has 0 radical (unpaired) electrons. The lowest BCUT2D eigenvalue weighted by Gasteiger charge is -2.35. The van der Waals surface area contributed by atoms with E-state index < -0.39 is 0 Å². The van der Waals surface area contributed by atoms with Gasteiger partial charge in [-0.2, -0.15) is 0 Å². The molecule has 1 unspecified atom stereocenters. The second kappa shape index (κ2) is 7.13. The molecule has 1 N–H and O–H groups in total. The van der Waals surface area contributed by atoms with E-state index in [-0.39, 0.29) is 6.04 Å². The van der Waals surface area contributed by atoms with Crippen LogP contribution in [0.5, 0.6) is 11.5 Å². The Balaban J connectivity index is 2.09. The maximum Gasteiger partial charge on any atom is 0.127 e. The van der Waals surface area contributed by atoms with Crippen molar-refractivity contribution in [2.45, 2.75) is 6.04 Å². The van der Waals surface area contributed by atoms with Gasteiger partial charge < -0.3 is 14.8 Å². The predicted octanol–water partition coefficient (Wildman–Crippen LogP) is 2.76. The van der Waals surface area contributed by atoms with Crippen LogP contribution in [0, 0.1) is 0 Å². The third kappa shape index (κ3) is 2.97. The van der Waals surface area contributed by atoms with Gasteiger partial charge in [0.25, 0.3) is 0 Å². The molecule has 1 aromatic carbocycles. The first-order chi connectivity index (χ1) is 10.8. The first-order valence-corrected chi connectivity index (χ1v) is 8.42. The Morgan fingerprint density at radius 3 is 2.27 bits per heavy atom. The summed E-state index contributed by atoms with van der Waals surface area (Å²) in [7, 11) is 3.45. The van der Waals surface area contributed by atoms with Gasteiger partial charge in [-0.1, -0.05) is 12.1 Å². The molecular weight excluding hydrogens is 296 g/mol. The van der Waals surface area contributed by atoms with Gasteiger partial charge in [-0.3, -0.25) is 4.90 Å². The number of hydrogen-bond donors (Lipinski definition) is 1. The highest BCUT2D eigenvalue weighted by Gasteiger charge is 2.29. The number of rotatable bonds is 5. The molecule has 1 aromatic heterocycles. The summed E-state index contributed by atoms with van der Waals surface area (Å²) in [6, 6.07) is 10.5. The molecule has 4 nitrogen and oxygen atoms in total. The van der Waals surface area contributed by atoms with Gasteiger partial charge in [-0.05, 0) is 23.6 Å². The highest BCUT2D eigenvalue weighted by atomic mass is 32.1. The van der Waals surface area contributed by atoms with Gasteiger partial charge in [0.2, 0.25) is 0 Å². The lowest BCUT2D eigenvalue weighted by atomic mass is 10.00. The Bertz CT molecular complexity index is 572. The van der Waals surface area contributed by atoms with Crippen molar-refractivity contribution in [3.8, 4) is 11.5 Å². The molecule has 1 aliphatic rings. The molecule has 0 aliphatic carbocycles. The van der Waals surface area contributed by atoms with Crippen LogP contribution in [0.2, 0.25) is 0 Å². The molecule has 3 rings (SSSR count). The van der Waals surface area contributed by atoms with Crippen molar-refractivity contribution >= 4 is 11.3 Å². The largest absolute Gasteiger partial charge is 0.496 e. The maximum absolute atomic E-state index is 5.64. The van der Waals surface area contributed by atoms with E-state index in [0.717, 1.165) is 43.2 Å². The monoisotopic (exact) mass is 318 g/mol. The van der Waals surface area contributed by atoms with Crippen LogP contribution in [-0.4, -0.2) is 45.3 Å². The summed E-state index contributed by atoms with van der Waals surface area (Å²) >= 11 is 1.78. The van der Waals surface area contributed by atoms with E-state index in [9.17, 15) is 0 Å². The van der Waals surface area contributed by atoms with Crippen molar-refractivity contribution in [3.05, 3.63) is 46.2 Å². The van der Waals surface area contributed by atoms with Crippen molar-refractivity contribution < 1.29 is 9.47 Å². The summed E-state index contributed by atoms with van der Waals surface area (Å²) in [4.78, 5) is 3.83. The minimum Gasteiger partial charge on any atom is -0.496 e. The Morgan fingerprint density at radius 2 is 1.73 bits per heavy atom. The summed E-state index contributed by atoms with van der Waals surface area (Å²) in [6.45, 7) is 4.06. The smallest absolute Gasteiger partial charge is 0.127 e. The zero-order valence-corrected chi connectivity index (χ0v) is 13.9. The number of thiophene rings is 1. The SMILES string of the molecule is COc1cccc(OC)c1C(c1cccs1)N1CCNCC1. The van der Waals surface area contributed by atoms with E-state index in [1.165, 1.54) is 4.88 Å². The van der Waals surface area contributed by atoms with Gasteiger partial charge in [0.1, 0.15) is 11.5 Å². The van der Waals surface area contributed by atoms with Crippen molar-refractivity contribution in [2.75, 3.05) is 40.4 Å². The van der Waals surface area contributed by atoms with E-state index in [2.05, 4.69) is 27.7 Å². The van der Waals surface area contributed by atoms with Gasteiger partial charge in [0, 0.05) is 31.1 Å². The fraction of sp³-hybridized carbons (Fsp3) is 0.412. The molecule has 2 aromatic rings. The van der Waals surface area contributed by atoms with Gasteiger partial charge >= 0.3 is 0 Å². The third-order valence-electron chi connectivity index (χ3n) is 4.07. The maximum atomic E-state index is 5.64. The summed E-state index contributed by atoms with van der Waals surface area (Å²) in [6.07, 6.45) is 0. The molecule has 22 heavy (non-hydrogen) atoms. The van der Waals surface area contributed by atoms with Crippen LogP contribution in [0.25, 0.3) is 0 Å². The molecule has 0 bridgehead atoms. The number of nitrogens with zero attached hydrogens (tertiary/aromatic N) is 1. The van der Waals surface area contributed by atoms with Gasteiger partial charge in [0.15, 0.2) is 0 Å². The van der Waals surface area contributed by atoms with E-state index in [1.54, 1.807) is 25.6 Å². The molecule has 0 saturated carbocycles. The molecule has 1 fully saturated rings. The summed E-state index contributed by atoms with van der Waals surface area (Å²) < 4.78 is 11.3. The zero-order valence-electron chi connectivity index (χ0n) is 13.0. The van der Waals surface area contributed by atoms with Crippen LogP contribution < -0.4 is 14.8 Å². The average Bonchev–Trinajstić information content (AvgIpc) is 3.10. The highest BCUT2D eigenvalue weighted by molar-refractivity contribution is 7.10. The number of hydrogen-bond acceptors (Lipinski definition) is 5. The van der Waals surface area contributed by atoms with E-state index >= 15 is 0 Å². The number of nitrogens with one attached hydrogen (secondary N) is 1. The first kappa shape index (κ1) is 15.3. The van der Waals surface area contributed by atoms with Crippen molar-refractivity contribution in [1.82, 2.24) is 10.2 Å². The second-order valence-corrected chi connectivity index (χ2v) is 6.26. The van der Waals surface area contributed by atoms with E-state index in [4.69, 9.17) is 9.47 Å². The van der Waals surface area contributed by atoms with E-state index in [1.807, 2.05) is 18.2 Å². The third-order valence-corrected chi connectivity index (χ3v) is 4.99. The number of benzene rings is 1. The Morgan fingerprint density at radius 1 is 1.05 bits per heavy atom.